The molecule has 0 spiro atoms. The zero-order chi connectivity index (χ0) is 12.8. The molecule has 2 N–H and O–H groups in total. The van der Waals surface area contributed by atoms with Crippen molar-refractivity contribution < 1.29 is 4.79 Å². The van der Waals surface area contributed by atoms with Crippen molar-refractivity contribution in [2.75, 3.05) is 33.7 Å². The smallest absolute Gasteiger partial charge is 0.223 e. The molecule has 4 nitrogen and oxygen atoms in total. The second kappa shape index (κ2) is 6.97. The van der Waals surface area contributed by atoms with Crippen molar-refractivity contribution in [1.29, 1.82) is 0 Å². The predicted octanol–water partition coefficient (Wildman–Crippen LogP) is 0.914. The highest BCUT2D eigenvalue weighted by Gasteiger charge is 2.20. The maximum atomic E-state index is 11.9. The molecule has 1 aliphatic heterocycles. The Kier molecular flexibility index (Phi) is 5.92. The van der Waals surface area contributed by atoms with Crippen molar-refractivity contribution in [3.05, 3.63) is 0 Å². The lowest BCUT2D eigenvalue weighted by molar-refractivity contribution is -0.131. The number of hydrogen-bond donors (Lipinski definition) is 1. The first-order valence-electron chi connectivity index (χ1n) is 6.71. The molecule has 0 saturated carbocycles. The van der Waals surface area contributed by atoms with Gasteiger partial charge in [0.25, 0.3) is 0 Å². The second-order valence-corrected chi connectivity index (χ2v) is 5.39. The number of amides is 1. The summed E-state index contributed by atoms with van der Waals surface area (Å²) in [6, 6.07) is 0.0161. The van der Waals surface area contributed by atoms with Gasteiger partial charge in [-0.1, -0.05) is 6.92 Å². The van der Waals surface area contributed by atoms with Crippen LogP contribution in [0.15, 0.2) is 0 Å². The first kappa shape index (κ1) is 14.5. The predicted molar refractivity (Wildman–Crippen MR) is 70.7 cm³/mol. The third-order valence-electron chi connectivity index (χ3n) is 3.76. The minimum Gasteiger partial charge on any atom is -0.345 e. The highest BCUT2D eigenvalue weighted by molar-refractivity contribution is 5.76. The zero-order valence-corrected chi connectivity index (χ0v) is 11.5. The van der Waals surface area contributed by atoms with Crippen molar-refractivity contribution in [3.8, 4) is 0 Å². The fourth-order valence-electron chi connectivity index (χ4n) is 2.26. The fourth-order valence-corrected chi connectivity index (χ4v) is 2.26. The van der Waals surface area contributed by atoms with Crippen LogP contribution in [-0.4, -0.2) is 55.5 Å². The standard InChI is InChI=1S/C13H27N3O/c1-4-12(14)9-13(17)16(3)10-11-5-7-15(2)8-6-11/h11-12H,4-10,14H2,1-3H3. The summed E-state index contributed by atoms with van der Waals surface area (Å²) in [6.45, 7) is 5.22. The maximum absolute atomic E-state index is 11.9. The summed E-state index contributed by atoms with van der Waals surface area (Å²) in [7, 11) is 4.06. The highest BCUT2D eigenvalue weighted by atomic mass is 16.2. The Morgan fingerprint density at radius 1 is 1.47 bits per heavy atom. The Hall–Kier alpha value is -0.610. The second-order valence-electron chi connectivity index (χ2n) is 5.39. The molecule has 1 rings (SSSR count). The van der Waals surface area contributed by atoms with Crippen molar-refractivity contribution in [1.82, 2.24) is 9.80 Å². The van der Waals surface area contributed by atoms with Crippen molar-refractivity contribution >= 4 is 5.91 Å². The monoisotopic (exact) mass is 241 g/mol. The van der Waals surface area contributed by atoms with Crippen LogP contribution in [0.4, 0.5) is 0 Å². The molecule has 100 valence electrons. The van der Waals surface area contributed by atoms with E-state index in [0.29, 0.717) is 12.3 Å². The summed E-state index contributed by atoms with van der Waals surface area (Å²) in [5, 5.41) is 0. The van der Waals surface area contributed by atoms with Crippen molar-refractivity contribution in [3.63, 3.8) is 0 Å². The lowest BCUT2D eigenvalue weighted by Crippen LogP contribution is -2.39. The van der Waals surface area contributed by atoms with E-state index < -0.39 is 0 Å². The number of carbonyl (C=O) groups excluding carboxylic acids is 1. The van der Waals surface area contributed by atoms with Crippen LogP contribution in [0.5, 0.6) is 0 Å². The number of likely N-dealkylation sites (tertiary alicyclic amines) is 1. The van der Waals surface area contributed by atoms with Gasteiger partial charge >= 0.3 is 0 Å². The van der Waals surface area contributed by atoms with Gasteiger partial charge in [0.15, 0.2) is 0 Å². The number of carbonyl (C=O) groups is 1. The summed E-state index contributed by atoms with van der Waals surface area (Å²) in [5.41, 5.74) is 5.81. The molecule has 0 aliphatic carbocycles. The molecule has 1 saturated heterocycles. The van der Waals surface area contributed by atoms with E-state index in [9.17, 15) is 4.79 Å². The van der Waals surface area contributed by atoms with Gasteiger partial charge < -0.3 is 15.5 Å². The SMILES string of the molecule is CCC(N)CC(=O)N(C)CC1CCN(C)CC1. The molecule has 1 atom stereocenters. The van der Waals surface area contributed by atoms with E-state index >= 15 is 0 Å². The molecule has 1 fully saturated rings. The Morgan fingerprint density at radius 3 is 2.59 bits per heavy atom. The molecule has 0 bridgehead atoms. The number of nitrogens with two attached hydrogens (primary N) is 1. The molecular formula is C13H27N3O. The van der Waals surface area contributed by atoms with E-state index in [2.05, 4.69) is 11.9 Å². The Labute approximate surface area is 105 Å². The molecule has 0 aromatic heterocycles. The van der Waals surface area contributed by atoms with E-state index in [1.54, 1.807) is 0 Å². The van der Waals surface area contributed by atoms with Gasteiger partial charge in [0, 0.05) is 26.1 Å². The largest absolute Gasteiger partial charge is 0.345 e. The van der Waals surface area contributed by atoms with Crippen LogP contribution in [0, 0.1) is 5.92 Å². The summed E-state index contributed by atoms with van der Waals surface area (Å²) in [4.78, 5) is 16.1. The Morgan fingerprint density at radius 2 is 2.06 bits per heavy atom. The number of hydrogen-bond acceptors (Lipinski definition) is 3. The van der Waals surface area contributed by atoms with Crippen LogP contribution in [0.2, 0.25) is 0 Å². The van der Waals surface area contributed by atoms with Crippen LogP contribution in [0.25, 0.3) is 0 Å². The topological polar surface area (TPSA) is 49.6 Å². The first-order chi connectivity index (χ1) is 8.02. The first-order valence-corrected chi connectivity index (χ1v) is 6.71. The third-order valence-corrected chi connectivity index (χ3v) is 3.76. The van der Waals surface area contributed by atoms with Gasteiger partial charge in [-0.2, -0.15) is 0 Å². The summed E-state index contributed by atoms with van der Waals surface area (Å²) < 4.78 is 0. The van der Waals surface area contributed by atoms with E-state index in [0.717, 1.165) is 26.1 Å². The molecule has 0 radical (unpaired) electrons. The molecule has 1 aliphatic rings. The minimum absolute atomic E-state index is 0.0161. The van der Waals surface area contributed by atoms with E-state index in [4.69, 9.17) is 5.73 Å². The van der Waals surface area contributed by atoms with Gasteiger partial charge in [-0.15, -0.1) is 0 Å². The van der Waals surface area contributed by atoms with E-state index in [-0.39, 0.29) is 11.9 Å². The van der Waals surface area contributed by atoms with Gasteiger partial charge in [0.05, 0.1) is 0 Å². The Bertz CT molecular complexity index is 237. The average Bonchev–Trinajstić information content (AvgIpc) is 2.31. The van der Waals surface area contributed by atoms with Crippen LogP contribution in [0.1, 0.15) is 32.6 Å². The van der Waals surface area contributed by atoms with Gasteiger partial charge in [-0.05, 0) is 45.3 Å². The molecule has 1 heterocycles. The summed E-state index contributed by atoms with van der Waals surface area (Å²) >= 11 is 0. The molecular weight excluding hydrogens is 214 g/mol. The number of piperidine rings is 1. The van der Waals surface area contributed by atoms with Crippen LogP contribution in [-0.2, 0) is 4.79 Å². The van der Waals surface area contributed by atoms with Gasteiger partial charge in [-0.3, -0.25) is 4.79 Å². The molecule has 4 heteroatoms. The minimum atomic E-state index is 0.0161. The summed E-state index contributed by atoms with van der Waals surface area (Å²) in [6.07, 6.45) is 3.76. The van der Waals surface area contributed by atoms with Crippen LogP contribution < -0.4 is 5.73 Å². The normalized spacial score (nSPS) is 20.2. The van der Waals surface area contributed by atoms with Crippen LogP contribution >= 0.6 is 0 Å². The van der Waals surface area contributed by atoms with Gasteiger partial charge in [-0.25, -0.2) is 0 Å². The molecule has 0 aromatic rings. The summed E-state index contributed by atoms with van der Waals surface area (Å²) in [5.74, 6) is 0.858. The van der Waals surface area contributed by atoms with E-state index in [1.807, 2.05) is 18.9 Å². The highest BCUT2D eigenvalue weighted by Crippen LogP contribution is 2.17. The third kappa shape index (κ3) is 5.04. The van der Waals surface area contributed by atoms with Gasteiger partial charge in [0.1, 0.15) is 0 Å². The Balaban J connectivity index is 2.28. The zero-order valence-electron chi connectivity index (χ0n) is 11.5. The maximum Gasteiger partial charge on any atom is 0.223 e. The van der Waals surface area contributed by atoms with Crippen molar-refractivity contribution in [2.45, 2.75) is 38.6 Å². The average molecular weight is 241 g/mol. The number of nitrogens with zero attached hydrogens (tertiary/aromatic N) is 2. The van der Waals surface area contributed by atoms with Crippen molar-refractivity contribution in [2.24, 2.45) is 11.7 Å². The van der Waals surface area contributed by atoms with Gasteiger partial charge in [0.2, 0.25) is 5.91 Å². The number of rotatable bonds is 5. The van der Waals surface area contributed by atoms with Crippen LogP contribution in [0.3, 0.4) is 0 Å². The fraction of sp³-hybridized carbons (Fsp3) is 0.923. The lowest BCUT2D eigenvalue weighted by atomic mass is 9.96. The lowest BCUT2D eigenvalue weighted by Gasteiger charge is -2.32. The molecule has 1 amide bonds. The molecule has 0 aromatic carbocycles. The quantitative estimate of drug-likeness (QED) is 0.778. The molecule has 17 heavy (non-hydrogen) atoms. The molecule has 1 unspecified atom stereocenters. The van der Waals surface area contributed by atoms with E-state index in [1.165, 1.54) is 12.8 Å².